The number of ether oxygens (including phenoxy) is 5. The van der Waals surface area contributed by atoms with Crippen molar-refractivity contribution < 1.29 is 23.7 Å². The van der Waals surface area contributed by atoms with Crippen LogP contribution in [0.1, 0.15) is 30.5 Å². The molecule has 238 valence electrons. The third-order valence-electron chi connectivity index (χ3n) is 8.39. The van der Waals surface area contributed by atoms with Gasteiger partial charge >= 0.3 is 0 Å². The van der Waals surface area contributed by atoms with Gasteiger partial charge in [-0.15, -0.1) is 0 Å². The van der Waals surface area contributed by atoms with Crippen molar-refractivity contribution in [1.29, 1.82) is 0 Å². The topological polar surface area (TPSA) is 91.3 Å². The van der Waals surface area contributed by atoms with Crippen molar-refractivity contribution in [1.82, 2.24) is 15.0 Å². The number of nitrogens with zero attached hydrogens (tertiary/aromatic N) is 5. The summed E-state index contributed by atoms with van der Waals surface area (Å²) in [6.07, 6.45) is 0. The standard InChI is InChI=1S/C35H43N5O5/c1-24-5-7-27(8-6-24)22-44-17-18-45-23-29-19-28(9-12-32(29)41-4)31-11-10-30-33(36-31)37-35(40-14-16-43-21-26(40)3)38-34(30)39-13-15-42-20-25(39)2/h5-12,19,25-26H,13-18,20-23H2,1-4H3/t25-,26-/m1/s1. The van der Waals surface area contributed by atoms with Gasteiger partial charge in [0.15, 0.2) is 5.65 Å². The molecule has 0 N–H and O–H groups in total. The van der Waals surface area contributed by atoms with Crippen molar-refractivity contribution in [2.75, 3.05) is 69.6 Å². The molecule has 2 aromatic carbocycles. The summed E-state index contributed by atoms with van der Waals surface area (Å²) in [5.74, 6) is 2.36. The van der Waals surface area contributed by atoms with Gasteiger partial charge in [-0.3, -0.25) is 0 Å². The van der Waals surface area contributed by atoms with Gasteiger partial charge in [-0.25, -0.2) is 4.98 Å². The number of rotatable bonds is 11. The van der Waals surface area contributed by atoms with Crippen molar-refractivity contribution in [3.05, 3.63) is 71.3 Å². The molecular formula is C35H43N5O5. The number of hydrogen-bond acceptors (Lipinski definition) is 10. The maximum absolute atomic E-state index is 5.99. The molecule has 0 unspecified atom stereocenters. The van der Waals surface area contributed by atoms with Crippen LogP contribution < -0.4 is 14.5 Å². The molecule has 0 spiro atoms. The third kappa shape index (κ3) is 7.36. The highest BCUT2D eigenvalue weighted by Gasteiger charge is 2.27. The molecule has 2 atom stereocenters. The lowest BCUT2D eigenvalue weighted by molar-refractivity contribution is 0.0333. The minimum atomic E-state index is 0.173. The van der Waals surface area contributed by atoms with Crippen LogP contribution in [-0.4, -0.2) is 86.9 Å². The number of pyridine rings is 1. The van der Waals surface area contributed by atoms with Gasteiger partial charge in [-0.2, -0.15) is 9.97 Å². The molecule has 4 heterocycles. The van der Waals surface area contributed by atoms with E-state index in [1.807, 2.05) is 18.2 Å². The fourth-order valence-corrected chi connectivity index (χ4v) is 5.78. The Hall–Kier alpha value is -3.83. The van der Waals surface area contributed by atoms with Crippen LogP contribution in [0.25, 0.3) is 22.3 Å². The normalized spacial score (nSPS) is 18.8. The smallest absolute Gasteiger partial charge is 0.229 e. The number of hydrogen-bond donors (Lipinski definition) is 0. The van der Waals surface area contributed by atoms with E-state index in [-0.39, 0.29) is 12.1 Å². The Morgan fingerprint density at radius 1 is 0.800 bits per heavy atom. The van der Waals surface area contributed by atoms with Crippen LogP contribution in [0.5, 0.6) is 5.75 Å². The van der Waals surface area contributed by atoms with Crippen LogP contribution >= 0.6 is 0 Å². The van der Waals surface area contributed by atoms with E-state index in [0.29, 0.717) is 64.5 Å². The van der Waals surface area contributed by atoms with Crippen molar-refractivity contribution in [3.8, 4) is 17.0 Å². The van der Waals surface area contributed by atoms with Crippen molar-refractivity contribution in [2.24, 2.45) is 0 Å². The van der Waals surface area contributed by atoms with Gasteiger partial charge in [0.25, 0.3) is 0 Å². The molecule has 2 saturated heterocycles. The van der Waals surface area contributed by atoms with Gasteiger partial charge in [0.1, 0.15) is 11.6 Å². The fraction of sp³-hybridized carbons (Fsp3) is 0.457. The molecule has 2 fully saturated rings. The molecule has 10 heteroatoms. The summed E-state index contributed by atoms with van der Waals surface area (Å²) < 4.78 is 28.9. The first kappa shape index (κ1) is 31.2. The Labute approximate surface area is 265 Å². The fourth-order valence-electron chi connectivity index (χ4n) is 5.78. The van der Waals surface area contributed by atoms with Crippen LogP contribution in [0.15, 0.2) is 54.6 Å². The molecule has 0 bridgehead atoms. The number of fused-ring (bicyclic) bond motifs is 1. The Morgan fingerprint density at radius 3 is 2.22 bits per heavy atom. The van der Waals surface area contributed by atoms with Crippen LogP contribution in [0.2, 0.25) is 0 Å². The molecule has 2 aromatic heterocycles. The number of benzene rings is 2. The number of methoxy groups -OCH3 is 1. The average molecular weight is 614 g/mol. The van der Waals surface area contributed by atoms with Crippen LogP contribution in [-0.2, 0) is 32.2 Å². The van der Waals surface area contributed by atoms with E-state index in [1.54, 1.807) is 7.11 Å². The lowest BCUT2D eigenvalue weighted by atomic mass is 10.1. The second-order valence-corrected chi connectivity index (χ2v) is 11.8. The minimum absolute atomic E-state index is 0.173. The summed E-state index contributed by atoms with van der Waals surface area (Å²) in [5, 5.41) is 0.930. The van der Waals surface area contributed by atoms with E-state index < -0.39 is 0 Å². The summed E-state index contributed by atoms with van der Waals surface area (Å²) in [6, 6.07) is 19.0. The molecule has 2 aliphatic heterocycles. The van der Waals surface area contributed by atoms with Gasteiger partial charge in [0, 0.05) is 24.2 Å². The Morgan fingerprint density at radius 2 is 1.51 bits per heavy atom. The van der Waals surface area contributed by atoms with E-state index in [2.05, 4.69) is 67.0 Å². The van der Waals surface area contributed by atoms with Gasteiger partial charge in [-0.05, 0) is 56.7 Å². The zero-order chi connectivity index (χ0) is 31.2. The lowest BCUT2D eigenvalue weighted by Crippen LogP contribution is -2.46. The van der Waals surface area contributed by atoms with Crippen LogP contribution in [0, 0.1) is 6.92 Å². The van der Waals surface area contributed by atoms with Crippen molar-refractivity contribution in [3.63, 3.8) is 0 Å². The molecular weight excluding hydrogens is 570 g/mol. The van der Waals surface area contributed by atoms with Crippen molar-refractivity contribution >= 4 is 22.8 Å². The highest BCUT2D eigenvalue weighted by Crippen LogP contribution is 2.32. The zero-order valence-electron chi connectivity index (χ0n) is 26.7. The van der Waals surface area contributed by atoms with Crippen molar-refractivity contribution in [2.45, 2.75) is 46.1 Å². The van der Waals surface area contributed by atoms with Gasteiger partial charge in [0.05, 0.1) is 83.1 Å². The van der Waals surface area contributed by atoms with Gasteiger partial charge in [-0.1, -0.05) is 29.8 Å². The predicted octanol–water partition coefficient (Wildman–Crippen LogP) is 5.19. The maximum Gasteiger partial charge on any atom is 0.229 e. The molecule has 0 aliphatic carbocycles. The number of aryl methyl sites for hydroxylation is 1. The molecule has 4 aromatic rings. The Kier molecular flexibility index (Phi) is 10.0. The summed E-state index contributed by atoms with van der Waals surface area (Å²) in [5.41, 5.74) is 5.81. The number of anilines is 2. The van der Waals surface area contributed by atoms with Crippen LogP contribution in [0.3, 0.4) is 0 Å². The summed E-state index contributed by atoms with van der Waals surface area (Å²) in [4.78, 5) is 19.7. The average Bonchev–Trinajstić information content (AvgIpc) is 3.07. The summed E-state index contributed by atoms with van der Waals surface area (Å²) in [6.45, 7) is 12.5. The molecule has 6 rings (SSSR count). The summed E-state index contributed by atoms with van der Waals surface area (Å²) >= 11 is 0. The van der Waals surface area contributed by atoms with Crippen LogP contribution in [0.4, 0.5) is 11.8 Å². The first-order chi connectivity index (χ1) is 22.0. The Bertz CT molecular complexity index is 1580. The molecule has 45 heavy (non-hydrogen) atoms. The quantitative estimate of drug-likeness (QED) is 0.211. The second-order valence-electron chi connectivity index (χ2n) is 11.8. The molecule has 0 radical (unpaired) electrons. The van der Waals surface area contributed by atoms with Gasteiger partial charge < -0.3 is 33.5 Å². The van der Waals surface area contributed by atoms with E-state index in [4.69, 9.17) is 38.6 Å². The largest absolute Gasteiger partial charge is 0.496 e. The van der Waals surface area contributed by atoms with E-state index >= 15 is 0 Å². The third-order valence-corrected chi connectivity index (χ3v) is 8.39. The molecule has 0 amide bonds. The molecule has 0 saturated carbocycles. The van der Waals surface area contributed by atoms with Gasteiger partial charge in [0.2, 0.25) is 5.95 Å². The predicted molar refractivity (Wildman–Crippen MR) is 175 cm³/mol. The monoisotopic (exact) mass is 613 g/mol. The number of morpholine rings is 2. The number of aromatic nitrogens is 3. The molecule has 10 nitrogen and oxygen atoms in total. The van der Waals surface area contributed by atoms with E-state index in [1.165, 1.54) is 5.56 Å². The van der Waals surface area contributed by atoms with E-state index in [0.717, 1.165) is 52.4 Å². The Balaban J connectivity index is 1.22. The second kappa shape index (κ2) is 14.5. The SMILES string of the molecule is COc1ccc(-c2ccc3c(N4CCOC[C@H]4C)nc(N4CCOC[C@H]4C)nc3n2)cc1COCCOCc1ccc(C)cc1. The maximum atomic E-state index is 5.99. The molecule has 2 aliphatic rings. The highest BCUT2D eigenvalue weighted by atomic mass is 16.5. The summed E-state index contributed by atoms with van der Waals surface area (Å²) in [7, 11) is 1.68. The first-order valence-electron chi connectivity index (χ1n) is 15.8. The highest BCUT2D eigenvalue weighted by molar-refractivity contribution is 5.90. The zero-order valence-corrected chi connectivity index (χ0v) is 26.7. The van der Waals surface area contributed by atoms with E-state index in [9.17, 15) is 0 Å². The minimum Gasteiger partial charge on any atom is -0.496 e. The first-order valence-corrected chi connectivity index (χ1v) is 15.8. The lowest BCUT2D eigenvalue weighted by Gasteiger charge is -2.37.